The summed E-state index contributed by atoms with van der Waals surface area (Å²) in [6.45, 7) is 3.47. The van der Waals surface area contributed by atoms with Crippen molar-refractivity contribution in [2.75, 3.05) is 26.9 Å². The molecule has 2 atom stereocenters. The first-order valence-electron chi connectivity index (χ1n) is 11.5. The van der Waals surface area contributed by atoms with Gasteiger partial charge in [-0.15, -0.1) is 11.3 Å². The lowest BCUT2D eigenvalue weighted by molar-refractivity contribution is -0.124. The van der Waals surface area contributed by atoms with Crippen LogP contribution in [0.5, 0.6) is 5.75 Å². The van der Waals surface area contributed by atoms with Crippen LogP contribution in [-0.4, -0.2) is 65.7 Å². The van der Waals surface area contributed by atoms with E-state index in [-0.39, 0.29) is 24.7 Å². The van der Waals surface area contributed by atoms with Gasteiger partial charge in [-0.3, -0.25) is 10.2 Å². The SMILES string of the molecule is COCCOc1cccc(C(=N)N2C[C@H](O)C[C@H]2C(=O)NCc2ccc(-c3scnc3C)cc2)c1. The molecule has 2 heterocycles. The highest BCUT2D eigenvalue weighted by Crippen LogP contribution is 2.27. The van der Waals surface area contributed by atoms with E-state index in [4.69, 9.17) is 14.9 Å². The molecular weight excluding hydrogens is 464 g/mol. The first-order valence-corrected chi connectivity index (χ1v) is 12.4. The molecule has 1 aromatic heterocycles. The van der Waals surface area contributed by atoms with Crippen LogP contribution in [0.25, 0.3) is 10.4 Å². The molecule has 0 aliphatic carbocycles. The third kappa shape index (κ3) is 6.05. The molecule has 1 saturated heterocycles. The fraction of sp³-hybridized carbons (Fsp3) is 0.346. The average molecular weight is 495 g/mol. The minimum absolute atomic E-state index is 0.183. The molecule has 3 N–H and O–H groups in total. The monoisotopic (exact) mass is 494 g/mol. The Bertz CT molecular complexity index is 1160. The third-order valence-electron chi connectivity index (χ3n) is 5.96. The van der Waals surface area contributed by atoms with Gasteiger partial charge in [0, 0.05) is 32.2 Å². The predicted molar refractivity (Wildman–Crippen MR) is 136 cm³/mol. The van der Waals surface area contributed by atoms with Crippen LogP contribution in [0.3, 0.4) is 0 Å². The summed E-state index contributed by atoms with van der Waals surface area (Å²) in [5, 5.41) is 22.0. The number of benzene rings is 2. The molecule has 1 aliphatic rings. The number of hydrogen-bond acceptors (Lipinski definition) is 7. The molecule has 0 saturated carbocycles. The van der Waals surface area contributed by atoms with E-state index in [1.807, 2.05) is 48.8 Å². The van der Waals surface area contributed by atoms with Gasteiger partial charge in [-0.05, 0) is 30.2 Å². The van der Waals surface area contributed by atoms with Crippen molar-refractivity contribution in [3.05, 3.63) is 70.9 Å². The van der Waals surface area contributed by atoms with E-state index >= 15 is 0 Å². The number of aryl methyl sites for hydroxylation is 1. The van der Waals surface area contributed by atoms with Crippen LogP contribution < -0.4 is 10.1 Å². The van der Waals surface area contributed by atoms with Crippen molar-refractivity contribution in [1.29, 1.82) is 5.41 Å². The minimum Gasteiger partial charge on any atom is -0.491 e. The first kappa shape index (κ1) is 24.8. The highest BCUT2D eigenvalue weighted by Gasteiger charge is 2.37. The summed E-state index contributed by atoms with van der Waals surface area (Å²) < 4.78 is 10.7. The number of likely N-dealkylation sites (tertiary alicyclic amines) is 1. The van der Waals surface area contributed by atoms with Gasteiger partial charge in [-0.1, -0.05) is 36.4 Å². The third-order valence-corrected chi connectivity index (χ3v) is 6.94. The van der Waals surface area contributed by atoms with Crippen molar-refractivity contribution in [1.82, 2.24) is 15.2 Å². The van der Waals surface area contributed by atoms with Crippen molar-refractivity contribution < 1.29 is 19.4 Å². The standard InChI is InChI=1S/C26H30N4O4S/c1-17-24(35-16-29-17)19-8-6-18(7-9-19)14-28-26(32)23-13-21(31)15-30(23)25(27)20-4-3-5-22(12-20)34-11-10-33-2/h3-9,12,16,21,23,27,31H,10-11,13-15H2,1-2H3,(H,28,32)/t21-,23+/m1/s1. The number of thiazole rings is 1. The number of carbonyl (C=O) groups excluding carboxylic acids is 1. The summed E-state index contributed by atoms with van der Waals surface area (Å²) >= 11 is 1.61. The number of aliphatic hydroxyl groups excluding tert-OH is 1. The molecule has 4 rings (SSSR count). The topological polar surface area (TPSA) is 108 Å². The zero-order valence-electron chi connectivity index (χ0n) is 19.9. The van der Waals surface area contributed by atoms with Gasteiger partial charge in [0.25, 0.3) is 0 Å². The zero-order chi connectivity index (χ0) is 24.8. The number of rotatable bonds is 9. The Balaban J connectivity index is 1.38. The van der Waals surface area contributed by atoms with Crippen molar-refractivity contribution >= 4 is 23.1 Å². The number of nitrogens with one attached hydrogen (secondary N) is 2. The van der Waals surface area contributed by atoms with Crippen LogP contribution in [0.4, 0.5) is 0 Å². The second-order valence-electron chi connectivity index (χ2n) is 8.46. The number of aliphatic hydroxyl groups is 1. The number of carbonyl (C=O) groups is 1. The Kier molecular flexibility index (Phi) is 8.12. The van der Waals surface area contributed by atoms with E-state index in [9.17, 15) is 9.90 Å². The Morgan fingerprint density at radius 2 is 2.06 bits per heavy atom. The van der Waals surface area contributed by atoms with Crippen LogP contribution in [0.1, 0.15) is 23.2 Å². The Morgan fingerprint density at radius 3 is 2.77 bits per heavy atom. The van der Waals surface area contributed by atoms with E-state index < -0.39 is 12.1 Å². The van der Waals surface area contributed by atoms with Gasteiger partial charge >= 0.3 is 0 Å². The van der Waals surface area contributed by atoms with Gasteiger partial charge in [0.15, 0.2) is 0 Å². The van der Waals surface area contributed by atoms with Crippen molar-refractivity contribution in [2.24, 2.45) is 0 Å². The Morgan fingerprint density at radius 1 is 1.26 bits per heavy atom. The molecule has 184 valence electrons. The van der Waals surface area contributed by atoms with Crippen molar-refractivity contribution in [3.8, 4) is 16.2 Å². The van der Waals surface area contributed by atoms with E-state index in [0.29, 0.717) is 31.1 Å². The van der Waals surface area contributed by atoms with Crippen molar-refractivity contribution in [2.45, 2.75) is 32.0 Å². The number of amides is 1. The highest BCUT2D eigenvalue weighted by molar-refractivity contribution is 7.13. The average Bonchev–Trinajstić information content (AvgIpc) is 3.48. The molecular formula is C26H30N4O4S. The molecule has 0 radical (unpaired) electrons. The van der Waals surface area contributed by atoms with Gasteiger partial charge < -0.3 is 24.8 Å². The van der Waals surface area contributed by atoms with Crippen LogP contribution in [0.15, 0.2) is 54.0 Å². The van der Waals surface area contributed by atoms with Gasteiger partial charge in [0.2, 0.25) is 5.91 Å². The molecule has 1 amide bonds. The molecule has 1 aliphatic heterocycles. The number of amidine groups is 1. The smallest absolute Gasteiger partial charge is 0.243 e. The molecule has 0 unspecified atom stereocenters. The second kappa shape index (κ2) is 11.4. The molecule has 9 heteroatoms. The molecule has 0 spiro atoms. The first-order chi connectivity index (χ1) is 17.0. The number of nitrogens with zero attached hydrogens (tertiary/aromatic N) is 2. The number of methoxy groups -OCH3 is 1. The fourth-order valence-corrected chi connectivity index (χ4v) is 4.92. The molecule has 0 bridgehead atoms. The van der Waals surface area contributed by atoms with E-state index in [1.54, 1.807) is 35.5 Å². The van der Waals surface area contributed by atoms with E-state index in [2.05, 4.69) is 10.3 Å². The van der Waals surface area contributed by atoms with Gasteiger partial charge in [0.1, 0.15) is 24.2 Å². The predicted octanol–water partition coefficient (Wildman–Crippen LogP) is 3.22. The minimum atomic E-state index is -0.672. The largest absolute Gasteiger partial charge is 0.491 e. The van der Waals surface area contributed by atoms with E-state index in [0.717, 1.165) is 21.7 Å². The van der Waals surface area contributed by atoms with Crippen molar-refractivity contribution in [3.63, 3.8) is 0 Å². The van der Waals surface area contributed by atoms with Gasteiger partial charge in [-0.2, -0.15) is 0 Å². The molecule has 1 fully saturated rings. The van der Waals surface area contributed by atoms with Gasteiger partial charge in [0.05, 0.1) is 28.8 Å². The number of aromatic nitrogens is 1. The summed E-state index contributed by atoms with van der Waals surface area (Å²) in [7, 11) is 1.61. The molecule has 3 aromatic rings. The lowest BCUT2D eigenvalue weighted by Gasteiger charge is -2.26. The van der Waals surface area contributed by atoms with Crippen LogP contribution >= 0.6 is 11.3 Å². The zero-order valence-corrected chi connectivity index (χ0v) is 20.7. The normalized spacial score (nSPS) is 17.4. The fourth-order valence-electron chi connectivity index (χ4n) is 4.11. The maximum atomic E-state index is 13.0. The maximum Gasteiger partial charge on any atom is 0.243 e. The summed E-state index contributed by atoms with van der Waals surface area (Å²) in [5.41, 5.74) is 5.55. The second-order valence-corrected chi connectivity index (χ2v) is 9.31. The lowest BCUT2D eigenvalue weighted by atomic mass is 10.1. The molecule has 2 aromatic carbocycles. The van der Waals surface area contributed by atoms with Gasteiger partial charge in [-0.25, -0.2) is 4.98 Å². The summed E-state index contributed by atoms with van der Waals surface area (Å²) in [5.74, 6) is 0.603. The summed E-state index contributed by atoms with van der Waals surface area (Å²) in [6, 6.07) is 14.6. The van der Waals surface area contributed by atoms with Crippen LogP contribution in [-0.2, 0) is 16.1 Å². The van der Waals surface area contributed by atoms with E-state index in [1.165, 1.54) is 0 Å². The number of ether oxygens (including phenoxy) is 2. The Hall–Kier alpha value is -3.27. The highest BCUT2D eigenvalue weighted by atomic mass is 32.1. The Labute approximate surface area is 209 Å². The summed E-state index contributed by atoms with van der Waals surface area (Å²) in [4.78, 5) is 20.1. The number of β-amino-alcohol motifs (C(OH)–C–C–N with tert-alkyl or cyclic N) is 1. The molecule has 8 nitrogen and oxygen atoms in total. The maximum absolute atomic E-state index is 13.0. The van der Waals surface area contributed by atoms with Crippen LogP contribution in [0.2, 0.25) is 0 Å². The number of hydrogen-bond donors (Lipinski definition) is 3. The molecule has 35 heavy (non-hydrogen) atoms. The summed E-state index contributed by atoms with van der Waals surface area (Å²) in [6.07, 6.45) is -0.392. The quantitative estimate of drug-likeness (QED) is 0.240. The van der Waals surface area contributed by atoms with Crippen LogP contribution in [0, 0.1) is 12.3 Å². The lowest BCUT2D eigenvalue weighted by Crippen LogP contribution is -2.45.